The second kappa shape index (κ2) is 10.4. The molecule has 26 heavy (non-hydrogen) atoms. The fourth-order valence-electron chi connectivity index (χ4n) is 3.22. The molecule has 0 spiro atoms. The molecule has 0 radical (unpaired) electrons. The van der Waals surface area contributed by atoms with Crippen molar-refractivity contribution in [3.8, 4) is 0 Å². The Morgan fingerprint density at radius 2 is 1.77 bits per heavy atom. The molecule has 1 fully saturated rings. The van der Waals surface area contributed by atoms with Crippen molar-refractivity contribution in [3.63, 3.8) is 0 Å². The van der Waals surface area contributed by atoms with Crippen molar-refractivity contribution in [2.75, 3.05) is 18.8 Å². The van der Waals surface area contributed by atoms with Gasteiger partial charge < -0.3 is 11.1 Å². The summed E-state index contributed by atoms with van der Waals surface area (Å²) in [5, 5.41) is 3.17. The molecule has 0 atom stereocenters. The molecule has 0 saturated carbocycles. The van der Waals surface area contributed by atoms with Crippen LogP contribution in [0.15, 0.2) is 48.5 Å². The lowest BCUT2D eigenvalue weighted by Gasteiger charge is -2.32. The Labute approximate surface area is 168 Å². The number of anilines is 1. The summed E-state index contributed by atoms with van der Waals surface area (Å²) in [6.07, 6.45) is 1.97. The van der Waals surface area contributed by atoms with Gasteiger partial charge in [0.1, 0.15) is 0 Å². The van der Waals surface area contributed by atoms with Crippen LogP contribution in [0.25, 0.3) is 0 Å². The van der Waals surface area contributed by atoms with Gasteiger partial charge in [-0.1, -0.05) is 36.4 Å². The molecule has 1 amide bonds. The smallest absolute Gasteiger partial charge is 0.251 e. The van der Waals surface area contributed by atoms with E-state index >= 15 is 0 Å². The molecule has 1 heterocycles. The highest BCUT2D eigenvalue weighted by atomic mass is 35.5. The summed E-state index contributed by atoms with van der Waals surface area (Å²) in [5.74, 6) is -0.0127. The minimum Gasteiger partial charge on any atom is -0.399 e. The van der Waals surface area contributed by atoms with Gasteiger partial charge in [-0.25, -0.2) is 0 Å². The number of piperidine rings is 1. The first-order valence-corrected chi connectivity index (χ1v) is 8.55. The molecule has 0 unspecified atom stereocenters. The SMILES string of the molecule is Cc1ccc(N)cc1C(=O)NC1CCN(Cc2ccccc2)CC1.Cl.Cl. The molecule has 4 nitrogen and oxygen atoms in total. The maximum Gasteiger partial charge on any atom is 0.251 e. The van der Waals surface area contributed by atoms with E-state index in [1.807, 2.05) is 25.1 Å². The Balaban J connectivity index is 0.00000169. The largest absolute Gasteiger partial charge is 0.399 e. The minimum atomic E-state index is -0.0127. The van der Waals surface area contributed by atoms with Gasteiger partial charge in [0.15, 0.2) is 0 Å². The molecule has 142 valence electrons. The summed E-state index contributed by atoms with van der Waals surface area (Å²) in [5.41, 5.74) is 9.42. The monoisotopic (exact) mass is 395 g/mol. The molecular formula is C20H27Cl2N3O. The quantitative estimate of drug-likeness (QED) is 0.773. The number of carbonyl (C=O) groups excluding carboxylic acids is 1. The summed E-state index contributed by atoms with van der Waals surface area (Å²) in [6, 6.07) is 16.3. The number of hydrogen-bond acceptors (Lipinski definition) is 3. The summed E-state index contributed by atoms with van der Waals surface area (Å²) in [4.78, 5) is 14.9. The van der Waals surface area contributed by atoms with Crippen molar-refractivity contribution in [2.45, 2.75) is 32.4 Å². The number of halogens is 2. The second-order valence-electron chi connectivity index (χ2n) is 6.58. The molecule has 0 aromatic heterocycles. The normalized spacial score (nSPS) is 14.8. The molecule has 2 aromatic carbocycles. The summed E-state index contributed by atoms with van der Waals surface area (Å²) in [7, 11) is 0. The van der Waals surface area contributed by atoms with Crippen LogP contribution < -0.4 is 11.1 Å². The van der Waals surface area contributed by atoms with Crippen molar-refractivity contribution in [1.82, 2.24) is 10.2 Å². The molecule has 2 aromatic rings. The third-order valence-corrected chi connectivity index (χ3v) is 4.68. The Morgan fingerprint density at radius 1 is 1.12 bits per heavy atom. The Hall–Kier alpha value is -1.75. The van der Waals surface area contributed by atoms with Gasteiger partial charge in [0, 0.05) is 36.9 Å². The van der Waals surface area contributed by atoms with E-state index in [1.165, 1.54) is 5.56 Å². The number of nitrogens with zero attached hydrogens (tertiary/aromatic N) is 1. The lowest BCUT2D eigenvalue weighted by Crippen LogP contribution is -2.44. The fourth-order valence-corrected chi connectivity index (χ4v) is 3.22. The van der Waals surface area contributed by atoms with Crippen molar-refractivity contribution >= 4 is 36.4 Å². The van der Waals surface area contributed by atoms with Crippen LogP contribution >= 0.6 is 24.8 Å². The number of nitrogens with two attached hydrogens (primary N) is 1. The van der Waals surface area contributed by atoms with E-state index in [0.717, 1.165) is 38.0 Å². The number of rotatable bonds is 4. The zero-order valence-corrected chi connectivity index (χ0v) is 16.6. The minimum absolute atomic E-state index is 0. The van der Waals surface area contributed by atoms with Crippen molar-refractivity contribution in [1.29, 1.82) is 0 Å². The number of amides is 1. The highest BCUT2D eigenvalue weighted by molar-refractivity contribution is 5.96. The second-order valence-corrected chi connectivity index (χ2v) is 6.58. The summed E-state index contributed by atoms with van der Waals surface area (Å²) in [6.45, 7) is 4.94. The van der Waals surface area contributed by atoms with Crippen LogP contribution in [0.1, 0.15) is 34.3 Å². The standard InChI is InChI=1S/C20H25N3O.2ClH/c1-15-7-8-17(21)13-19(15)20(24)22-18-9-11-23(12-10-18)14-16-5-3-2-4-6-16;;/h2-8,13,18H,9-12,14,21H2,1H3,(H,22,24);2*1H. The van der Waals surface area contributed by atoms with E-state index in [0.29, 0.717) is 11.3 Å². The lowest BCUT2D eigenvalue weighted by molar-refractivity contribution is 0.0908. The first kappa shape index (κ1) is 22.3. The van der Waals surface area contributed by atoms with E-state index in [9.17, 15) is 4.79 Å². The Kier molecular flexibility index (Phi) is 8.93. The van der Waals surface area contributed by atoms with Crippen LogP contribution in [0.4, 0.5) is 5.69 Å². The van der Waals surface area contributed by atoms with Gasteiger partial charge in [0.05, 0.1) is 0 Å². The van der Waals surface area contributed by atoms with E-state index < -0.39 is 0 Å². The van der Waals surface area contributed by atoms with Crippen molar-refractivity contribution in [2.24, 2.45) is 0 Å². The van der Waals surface area contributed by atoms with Gasteiger partial charge in [0.25, 0.3) is 5.91 Å². The first-order chi connectivity index (χ1) is 11.6. The predicted molar refractivity (Wildman–Crippen MR) is 112 cm³/mol. The number of nitrogens with one attached hydrogen (secondary N) is 1. The van der Waals surface area contributed by atoms with E-state index in [2.05, 4.69) is 34.5 Å². The van der Waals surface area contributed by atoms with Crippen molar-refractivity contribution in [3.05, 3.63) is 65.2 Å². The topological polar surface area (TPSA) is 58.4 Å². The molecule has 3 N–H and O–H groups in total. The maximum absolute atomic E-state index is 12.5. The molecular weight excluding hydrogens is 369 g/mol. The van der Waals surface area contributed by atoms with Gasteiger partial charge in [-0.15, -0.1) is 24.8 Å². The van der Waals surface area contributed by atoms with E-state index in [1.54, 1.807) is 6.07 Å². The number of benzene rings is 2. The maximum atomic E-state index is 12.5. The zero-order chi connectivity index (χ0) is 16.9. The molecule has 0 aliphatic carbocycles. The van der Waals surface area contributed by atoms with Crippen LogP contribution in [-0.2, 0) is 6.54 Å². The van der Waals surface area contributed by atoms with E-state index in [4.69, 9.17) is 5.73 Å². The first-order valence-electron chi connectivity index (χ1n) is 8.55. The average Bonchev–Trinajstić information content (AvgIpc) is 2.59. The number of likely N-dealkylation sites (tertiary alicyclic amines) is 1. The van der Waals surface area contributed by atoms with Gasteiger partial charge in [-0.3, -0.25) is 9.69 Å². The lowest BCUT2D eigenvalue weighted by atomic mass is 10.0. The number of aryl methyl sites for hydroxylation is 1. The van der Waals surface area contributed by atoms with Gasteiger partial charge in [-0.05, 0) is 43.0 Å². The van der Waals surface area contributed by atoms with Crippen molar-refractivity contribution < 1.29 is 4.79 Å². The predicted octanol–water partition coefficient (Wildman–Crippen LogP) is 3.82. The van der Waals surface area contributed by atoms with Crippen LogP contribution in [-0.4, -0.2) is 29.9 Å². The zero-order valence-electron chi connectivity index (χ0n) is 15.0. The fraction of sp³-hybridized carbons (Fsp3) is 0.350. The van der Waals surface area contributed by atoms with Crippen LogP contribution in [0.2, 0.25) is 0 Å². The van der Waals surface area contributed by atoms with Crippen LogP contribution in [0, 0.1) is 6.92 Å². The highest BCUT2D eigenvalue weighted by Crippen LogP contribution is 2.16. The third kappa shape index (κ3) is 5.90. The molecule has 3 rings (SSSR count). The Bertz CT molecular complexity index is 701. The Morgan fingerprint density at radius 3 is 2.42 bits per heavy atom. The van der Waals surface area contributed by atoms with Crippen LogP contribution in [0.3, 0.4) is 0 Å². The molecule has 1 aliphatic rings. The van der Waals surface area contributed by atoms with Crippen LogP contribution in [0.5, 0.6) is 0 Å². The molecule has 1 aliphatic heterocycles. The molecule has 0 bridgehead atoms. The van der Waals surface area contributed by atoms with Gasteiger partial charge in [0.2, 0.25) is 0 Å². The number of hydrogen-bond donors (Lipinski definition) is 2. The van der Waals surface area contributed by atoms with E-state index in [-0.39, 0.29) is 36.8 Å². The highest BCUT2D eigenvalue weighted by Gasteiger charge is 2.21. The number of nitrogen functional groups attached to an aromatic ring is 1. The molecule has 1 saturated heterocycles. The summed E-state index contributed by atoms with van der Waals surface area (Å²) >= 11 is 0. The van der Waals surface area contributed by atoms with Gasteiger partial charge in [-0.2, -0.15) is 0 Å². The number of carbonyl (C=O) groups is 1. The average molecular weight is 396 g/mol. The molecule has 6 heteroatoms. The van der Waals surface area contributed by atoms with Gasteiger partial charge >= 0.3 is 0 Å². The third-order valence-electron chi connectivity index (χ3n) is 4.68. The summed E-state index contributed by atoms with van der Waals surface area (Å²) < 4.78 is 0.